The number of carbonyl (C=O) groups is 1. The van der Waals surface area contributed by atoms with E-state index in [0.717, 1.165) is 16.2 Å². The smallest absolute Gasteiger partial charge is 0.252 e. The van der Waals surface area contributed by atoms with Gasteiger partial charge in [-0.25, -0.2) is 16.8 Å². The van der Waals surface area contributed by atoms with Crippen molar-refractivity contribution in [3.05, 3.63) is 41.5 Å². The molecule has 2 aromatic heterocycles. The fraction of sp³-hybridized carbons (Fsp3) is 0.375. The van der Waals surface area contributed by atoms with Crippen LogP contribution in [-0.4, -0.2) is 62.5 Å². The normalized spacial score (nSPS) is 16.8. The molecule has 9 nitrogen and oxygen atoms in total. The van der Waals surface area contributed by atoms with Crippen LogP contribution in [0.5, 0.6) is 0 Å². The van der Waals surface area contributed by atoms with Gasteiger partial charge in [-0.15, -0.1) is 11.3 Å². The number of pyridine rings is 1. The molecule has 0 bridgehead atoms. The van der Waals surface area contributed by atoms with Gasteiger partial charge in [0.05, 0.1) is 6.54 Å². The van der Waals surface area contributed by atoms with Crippen LogP contribution in [0.1, 0.15) is 11.8 Å². The van der Waals surface area contributed by atoms with Crippen LogP contribution < -0.4 is 5.32 Å². The summed E-state index contributed by atoms with van der Waals surface area (Å²) in [6, 6.07) is 6.18. The van der Waals surface area contributed by atoms with Gasteiger partial charge in [0.25, 0.3) is 10.0 Å². The minimum atomic E-state index is -3.71. The lowest BCUT2D eigenvalue weighted by molar-refractivity contribution is -0.119. The second-order valence-corrected chi connectivity index (χ2v) is 11.4. The van der Waals surface area contributed by atoms with E-state index in [9.17, 15) is 21.6 Å². The van der Waals surface area contributed by atoms with Crippen molar-refractivity contribution in [1.82, 2.24) is 18.9 Å². The molecule has 0 aliphatic carbocycles. The van der Waals surface area contributed by atoms with Crippen molar-refractivity contribution >= 4 is 37.3 Å². The second-order valence-electron chi connectivity index (χ2n) is 6.13. The van der Waals surface area contributed by atoms with Gasteiger partial charge in [0.15, 0.2) is 0 Å². The zero-order valence-electron chi connectivity index (χ0n) is 15.1. The van der Waals surface area contributed by atoms with E-state index in [-0.39, 0.29) is 47.7 Å². The van der Waals surface area contributed by atoms with Crippen LogP contribution in [0, 0.1) is 0 Å². The number of carbonyl (C=O) groups excluding carboxylic acids is 1. The number of hydrogen-bond donors (Lipinski definition) is 1. The van der Waals surface area contributed by atoms with Crippen LogP contribution in [-0.2, 0) is 31.4 Å². The quantitative estimate of drug-likeness (QED) is 0.692. The molecule has 0 aromatic carbocycles. The van der Waals surface area contributed by atoms with Crippen molar-refractivity contribution < 1.29 is 21.6 Å². The summed E-state index contributed by atoms with van der Waals surface area (Å²) in [5, 5.41) is 2.63. The molecular formula is C16H20N4O5S3. The Balaban J connectivity index is 1.68. The van der Waals surface area contributed by atoms with Crippen molar-refractivity contribution in [2.24, 2.45) is 0 Å². The molecule has 2 aromatic rings. The highest BCUT2D eigenvalue weighted by atomic mass is 32.2. The molecule has 152 valence electrons. The van der Waals surface area contributed by atoms with Gasteiger partial charge in [0.2, 0.25) is 15.9 Å². The van der Waals surface area contributed by atoms with Gasteiger partial charge in [0, 0.05) is 50.4 Å². The van der Waals surface area contributed by atoms with Crippen LogP contribution in [0.4, 0.5) is 0 Å². The molecule has 1 N–H and O–H groups in total. The summed E-state index contributed by atoms with van der Waals surface area (Å²) < 4.78 is 53.7. The van der Waals surface area contributed by atoms with E-state index in [0.29, 0.717) is 0 Å². The Morgan fingerprint density at radius 3 is 2.29 bits per heavy atom. The van der Waals surface area contributed by atoms with Gasteiger partial charge in [-0.05, 0) is 24.3 Å². The average Bonchev–Trinajstić information content (AvgIpc) is 3.17. The maximum atomic E-state index is 12.8. The number of aromatic nitrogens is 1. The molecular weight excluding hydrogens is 424 g/mol. The summed E-state index contributed by atoms with van der Waals surface area (Å²) in [5.41, 5.74) is 0. The first-order valence-electron chi connectivity index (χ1n) is 8.45. The highest BCUT2D eigenvalue weighted by Gasteiger charge is 2.34. The predicted octanol–water partition coefficient (Wildman–Crippen LogP) is 0.474. The van der Waals surface area contributed by atoms with Crippen LogP contribution >= 0.6 is 11.3 Å². The molecule has 0 radical (unpaired) electrons. The Hall–Kier alpha value is -1.86. The molecule has 0 spiro atoms. The monoisotopic (exact) mass is 444 g/mol. The first kappa shape index (κ1) is 20.9. The summed E-state index contributed by atoms with van der Waals surface area (Å²) in [7, 11) is -7.40. The van der Waals surface area contributed by atoms with Crippen molar-refractivity contribution in [2.75, 3.05) is 26.2 Å². The molecule has 1 aliphatic rings. The van der Waals surface area contributed by atoms with Gasteiger partial charge in [-0.3, -0.25) is 9.78 Å². The Bertz CT molecular complexity index is 1040. The minimum absolute atomic E-state index is 0.0700. The Morgan fingerprint density at radius 1 is 1.07 bits per heavy atom. The topological polar surface area (TPSA) is 117 Å². The standard InChI is InChI=1S/C16H20N4O5S3/c1-13(21)18-11-14-4-5-16(26-14)28(24,25)20-9-7-19(8-10-20)27(22,23)15-3-2-6-17-12-15/h2-6,12H,7-11H2,1H3,(H,18,21). The molecule has 12 heteroatoms. The third-order valence-corrected chi connectivity index (χ3v) is 9.55. The van der Waals surface area contributed by atoms with Crippen molar-refractivity contribution in [2.45, 2.75) is 22.6 Å². The van der Waals surface area contributed by atoms with E-state index in [1.54, 1.807) is 12.1 Å². The lowest BCUT2D eigenvalue weighted by Gasteiger charge is -2.32. The first-order valence-corrected chi connectivity index (χ1v) is 12.1. The number of amides is 1. The van der Waals surface area contributed by atoms with Gasteiger partial charge >= 0.3 is 0 Å². The Kier molecular flexibility index (Phi) is 6.15. The summed E-state index contributed by atoms with van der Waals surface area (Å²) in [6.45, 7) is 1.94. The van der Waals surface area contributed by atoms with Crippen molar-refractivity contribution in [3.8, 4) is 0 Å². The molecule has 1 amide bonds. The lowest BCUT2D eigenvalue weighted by Crippen LogP contribution is -2.50. The van der Waals surface area contributed by atoms with Gasteiger partial charge in [-0.2, -0.15) is 8.61 Å². The molecule has 0 unspecified atom stereocenters. The maximum Gasteiger partial charge on any atom is 0.252 e. The number of nitrogens with zero attached hydrogens (tertiary/aromatic N) is 3. The van der Waals surface area contributed by atoms with Gasteiger partial charge in [-0.1, -0.05) is 0 Å². The third kappa shape index (κ3) is 4.41. The number of sulfonamides is 2. The van der Waals surface area contributed by atoms with Crippen LogP contribution in [0.2, 0.25) is 0 Å². The summed E-state index contributed by atoms with van der Waals surface area (Å²) in [5.74, 6) is -0.191. The number of hydrogen-bond acceptors (Lipinski definition) is 7. The molecule has 1 fully saturated rings. The Morgan fingerprint density at radius 2 is 1.71 bits per heavy atom. The molecule has 1 aliphatic heterocycles. The molecule has 28 heavy (non-hydrogen) atoms. The highest BCUT2D eigenvalue weighted by molar-refractivity contribution is 7.91. The largest absolute Gasteiger partial charge is 0.351 e. The van der Waals surface area contributed by atoms with Crippen molar-refractivity contribution in [1.29, 1.82) is 0 Å². The average molecular weight is 445 g/mol. The second kappa shape index (κ2) is 8.25. The Labute approximate surface area is 168 Å². The number of rotatable bonds is 6. The SMILES string of the molecule is CC(=O)NCc1ccc(S(=O)(=O)N2CCN(S(=O)(=O)c3cccnc3)CC2)s1. The summed E-state index contributed by atoms with van der Waals surface area (Å²) >= 11 is 1.09. The van der Waals surface area contributed by atoms with Gasteiger partial charge < -0.3 is 5.32 Å². The van der Waals surface area contributed by atoms with E-state index >= 15 is 0 Å². The maximum absolute atomic E-state index is 12.8. The molecule has 3 heterocycles. The molecule has 1 saturated heterocycles. The zero-order chi connectivity index (χ0) is 20.4. The summed E-state index contributed by atoms with van der Waals surface area (Å²) in [6.07, 6.45) is 2.77. The minimum Gasteiger partial charge on any atom is -0.351 e. The summed E-state index contributed by atoms with van der Waals surface area (Å²) in [4.78, 5) is 15.6. The van der Waals surface area contributed by atoms with E-state index in [4.69, 9.17) is 0 Å². The fourth-order valence-corrected chi connectivity index (χ4v) is 6.99. The zero-order valence-corrected chi connectivity index (χ0v) is 17.6. The van der Waals surface area contributed by atoms with E-state index in [2.05, 4.69) is 10.3 Å². The van der Waals surface area contributed by atoms with E-state index in [1.165, 1.54) is 40.1 Å². The number of thiophene rings is 1. The van der Waals surface area contributed by atoms with Gasteiger partial charge in [0.1, 0.15) is 9.10 Å². The third-order valence-electron chi connectivity index (χ3n) is 4.21. The lowest BCUT2D eigenvalue weighted by atomic mass is 10.4. The highest BCUT2D eigenvalue weighted by Crippen LogP contribution is 2.26. The number of piperazine rings is 1. The van der Waals surface area contributed by atoms with Crippen LogP contribution in [0.3, 0.4) is 0 Å². The first-order chi connectivity index (χ1) is 13.2. The molecule has 3 rings (SSSR count). The number of nitrogens with one attached hydrogen (secondary N) is 1. The predicted molar refractivity (Wildman–Crippen MR) is 104 cm³/mol. The fourth-order valence-electron chi connectivity index (χ4n) is 2.73. The van der Waals surface area contributed by atoms with E-state index in [1.807, 2.05) is 0 Å². The molecule has 0 saturated carbocycles. The molecule has 0 atom stereocenters. The van der Waals surface area contributed by atoms with Crippen LogP contribution in [0.15, 0.2) is 45.8 Å². The van der Waals surface area contributed by atoms with Crippen molar-refractivity contribution in [3.63, 3.8) is 0 Å². The van der Waals surface area contributed by atoms with Crippen LogP contribution in [0.25, 0.3) is 0 Å². The van der Waals surface area contributed by atoms with E-state index < -0.39 is 20.0 Å².